The first-order valence-corrected chi connectivity index (χ1v) is 31.3. The molecule has 11 atom stereocenters. The molecule has 25 heteroatoms. The van der Waals surface area contributed by atoms with Gasteiger partial charge >= 0.3 is 18.1 Å². The van der Waals surface area contributed by atoms with Crippen LogP contribution in [0, 0.1) is 17.7 Å². The molecule has 23 nitrogen and oxygen atoms in total. The third-order valence-corrected chi connectivity index (χ3v) is 17.2. The number of benzene rings is 2. The highest BCUT2D eigenvalue weighted by Crippen LogP contribution is 2.49. The molecular weight excluding hydrogens is 1170 g/mol. The summed E-state index contributed by atoms with van der Waals surface area (Å²) in [6.45, 7) is 15.4. The number of hydrogen-bond donors (Lipinski definition) is 8. The van der Waals surface area contributed by atoms with Crippen LogP contribution in [0.3, 0.4) is 0 Å². The number of halogens is 2. The van der Waals surface area contributed by atoms with Gasteiger partial charge in [0.2, 0.25) is 23.6 Å². The van der Waals surface area contributed by atoms with Crippen LogP contribution < -0.4 is 47.3 Å². The van der Waals surface area contributed by atoms with E-state index in [0.717, 1.165) is 73.2 Å². The topological polar surface area (TPSA) is 311 Å². The van der Waals surface area contributed by atoms with Gasteiger partial charge in [0.1, 0.15) is 58.6 Å². The number of nitrogens with one attached hydrogen (secondary N) is 6. The van der Waals surface area contributed by atoms with E-state index in [1.165, 1.54) is 52.6 Å². The fourth-order valence-corrected chi connectivity index (χ4v) is 11.5. The molecule has 3 aliphatic rings. The number of methoxy groups -OCH3 is 2. The zero-order chi connectivity index (χ0) is 65.9. The fourth-order valence-electron chi connectivity index (χ4n) is 11.2. The number of hydrogen-bond acceptors (Lipinski definition) is 15. The highest BCUT2D eigenvalue weighted by Gasteiger charge is 2.64. The summed E-state index contributed by atoms with van der Waals surface area (Å²) in [5.41, 5.74) is 3.21. The van der Waals surface area contributed by atoms with Gasteiger partial charge in [-0.1, -0.05) is 95.7 Å². The number of anilines is 2. The molecule has 89 heavy (non-hydrogen) atoms. The molecular formula is C64H95ClFN9O14. The molecule has 9 N–H and O–H groups in total. The van der Waals surface area contributed by atoms with E-state index >= 15 is 4.39 Å². The minimum absolute atomic E-state index is 0.00280. The number of rotatable bonds is 28. The summed E-state index contributed by atoms with van der Waals surface area (Å²) >= 11 is 6.84. The van der Waals surface area contributed by atoms with E-state index in [4.69, 9.17) is 41.0 Å². The lowest BCUT2D eigenvalue weighted by atomic mass is 9.83. The van der Waals surface area contributed by atoms with Crippen LogP contribution in [-0.4, -0.2) is 159 Å². The highest BCUT2D eigenvalue weighted by molar-refractivity contribution is 6.35. The van der Waals surface area contributed by atoms with Crippen molar-refractivity contribution in [2.45, 2.75) is 205 Å². The Labute approximate surface area is 527 Å². The van der Waals surface area contributed by atoms with Crippen molar-refractivity contribution in [2.75, 3.05) is 51.6 Å². The summed E-state index contributed by atoms with van der Waals surface area (Å²) in [5, 5.41) is 28.8. The molecule has 2 fully saturated rings. The molecule has 0 aromatic heterocycles. The van der Waals surface area contributed by atoms with Crippen molar-refractivity contribution in [2.24, 2.45) is 17.6 Å². The maximum Gasteiger partial charge on any atom is 0.409 e. The number of nitrogens with two attached hydrogens (primary N) is 1. The number of ether oxygens (including phenoxy) is 5. The Balaban J connectivity index is 1.31. The first-order chi connectivity index (χ1) is 42.1. The van der Waals surface area contributed by atoms with Crippen LogP contribution in [-0.2, 0) is 49.3 Å². The Morgan fingerprint density at radius 2 is 1.70 bits per heavy atom. The second-order valence-corrected chi connectivity index (χ2v) is 24.6. The molecule has 0 radical (unpaired) electrons. The summed E-state index contributed by atoms with van der Waals surface area (Å²) in [6, 6.07) is 2.80. The average molecular weight is 1270 g/mol. The Kier molecular flexibility index (Phi) is 27.7. The van der Waals surface area contributed by atoms with E-state index in [-0.39, 0.29) is 54.8 Å². The Bertz CT molecular complexity index is 2880. The zero-order valence-corrected chi connectivity index (χ0v) is 54.4. The van der Waals surface area contributed by atoms with Crippen molar-refractivity contribution in [3.8, 4) is 5.75 Å². The van der Waals surface area contributed by atoms with Gasteiger partial charge in [0.05, 0.1) is 30.9 Å². The monoisotopic (exact) mass is 1270 g/mol. The van der Waals surface area contributed by atoms with E-state index in [0.29, 0.717) is 30.3 Å². The second kappa shape index (κ2) is 33.8. The molecule has 0 aliphatic carbocycles. The quantitative estimate of drug-likeness (QED) is 0.0232. The van der Waals surface area contributed by atoms with Gasteiger partial charge < -0.3 is 70.9 Å². The van der Waals surface area contributed by atoms with E-state index in [2.05, 4.69) is 45.7 Å². The maximum atomic E-state index is 16.2. The summed E-state index contributed by atoms with van der Waals surface area (Å²) in [7, 11) is 5.59. The van der Waals surface area contributed by atoms with Crippen molar-refractivity contribution in [1.29, 1.82) is 0 Å². The van der Waals surface area contributed by atoms with Gasteiger partial charge in [-0.2, -0.15) is 0 Å². The summed E-state index contributed by atoms with van der Waals surface area (Å²) in [4.78, 5) is 111. The molecule has 494 valence electrons. The molecule has 2 aromatic carbocycles. The molecule has 3 heterocycles. The molecule has 5 rings (SSSR count). The lowest BCUT2D eigenvalue weighted by Gasteiger charge is -2.42. The minimum Gasteiger partial charge on any atom is -0.495 e. The van der Waals surface area contributed by atoms with Crippen LogP contribution >= 0.6 is 11.6 Å². The molecule has 8 amide bonds. The number of nitrogens with zero attached hydrogens (tertiary/aromatic N) is 2. The summed E-state index contributed by atoms with van der Waals surface area (Å²) in [6.07, 6.45) is 8.20. The van der Waals surface area contributed by atoms with Crippen LogP contribution in [0.5, 0.6) is 5.75 Å². The van der Waals surface area contributed by atoms with Crippen LogP contribution in [0.1, 0.15) is 155 Å². The van der Waals surface area contributed by atoms with Gasteiger partial charge in [0.25, 0.3) is 5.91 Å². The van der Waals surface area contributed by atoms with E-state index in [9.17, 15) is 43.5 Å². The second-order valence-electron chi connectivity index (χ2n) is 24.2. The van der Waals surface area contributed by atoms with Crippen LogP contribution in [0.4, 0.5) is 25.4 Å². The third-order valence-electron chi connectivity index (χ3n) is 16.8. The number of fused-ring (bicyclic) bond motifs is 5. The number of epoxide rings is 1. The molecule has 2 saturated heterocycles. The Morgan fingerprint density at radius 3 is 2.35 bits per heavy atom. The first kappa shape index (κ1) is 72.9. The number of alkyl carbamates (subject to hydrolysis) is 1. The average Bonchev–Trinajstić information content (AvgIpc) is 1.65. The Hall–Kier alpha value is -6.86. The minimum atomic E-state index is -1.93. The molecule has 2 aromatic rings. The van der Waals surface area contributed by atoms with Gasteiger partial charge in [0.15, 0.2) is 5.72 Å². The van der Waals surface area contributed by atoms with Crippen molar-refractivity contribution in [3.63, 3.8) is 0 Å². The smallest absolute Gasteiger partial charge is 0.409 e. The van der Waals surface area contributed by atoms with Crippen LogP contribution in [0.2, 0.25) is 5.02 Å². The van der Waals surface area contributed by atoms with Crippen molar-refractivity contribution < 1.29 is 71.5 Å². The number of amides is 8. The van der Waals surface area contributed by atoms with Gasteiger partial charge in [-0.15, -0.1) is 0 Å². The van der Waals surface area contributed by atoms with E-state index < -0.39 is 119 Å². The van der Waals surface area contributed by atoms with E-state index in [1.54, 1.807) is 52.0 Å². The molecule has 1 unspecified atom stereocenters. The number of carbonyl (C=O) groups excluding carboxylic acids is 8. The largest absolute Gasteiger partial charge is 0.495 e. The van der Waals surface area contributed by atoms with Crippen LogP contribution in [0.25, 0.3) is 0 Å². The molecule has 3 aliphatic heterocycles. The fraction of sp³-hybridized carbons (Fsp3) is 0.625. The normalized spacial score (nSPS) is 24.2. The van der Waals surface area contributed by atoms with Crippen molar-refractivity contribution in [3.05, 3.63) is 76.1 Å². The predicted molar refractivity (Wildman–Crippen MR) is 336 cm³/mol. The highest BCUT2D eigenvalue weighted by atomic mass is 35.5. The molecule has 0 spiro atoms. The lowest BCUT2D eigenvalue weighted by molar-refractivity contribution is -0.158. The summed E-state index contributed by atoms with van der Waals surface area (Å²) in [5.74, 6) is -6.05. The number of carbonyl (C=O) groups is 8. The molecule has 4 bridgehead atoms. The number of primary amides is 1. The van der Waals surface area contributed by atoms with Crippen molar-refractivity contribution in [1.82, 2.24) is 31.5 Å². The number of allylic oxidation sites excluding steroid dienone is 3. The number of aliphatic hydroxyl groups is 1. The number of esters is 1. The summed E-state index contributed by atoms with van der Waals surface area (Å²) < 4.78 is 45.7. The number of unbranched alkanes of at least 4 members (excludes halogenated alkanes) is 3. The van der Waals surface area contributed by atoms with Gasteiger partial charge in [-0.05, 0) is 114 Å². The maximum absolute atomic E-state index is 16.2. The van der Waals surface area contributed by atoms with Crippen molar-refractivity contribution >= 4 is 70.6 Å². The van der Waals surface area contributed by atoms with Crippen LogP contribution in [0.15, 0.2) is 54.1 Å². The third kappa shape index (κ3) is 20.3. The van der Waals surface area contributed by atoms with E-state index in [1.807, 2.05) is 13.0 Å². The van der Waals surface area contributed by atoms with Gasteiger partial charge in [-0.3, -0.25) is 29.3 Å². The zero-order valence-electron chi connectivity index (χ0n) is 53.7. The Morgan fingerprint density at radius 1 is 0.966 bits per heavy atom. The number of urea groups is 1. The SMILES string of the molecule is CCCCC(CCC)NCCCCCC(=O)N[C@H](C(=O)N[C@@H](CCCNC(N)=O)C(=O)Nc1ccc(C(=O)N(C)[C@@H](C)C(=O)O[C@H]2CC(=O)N(C)c3cc(cc(OC)c3Cl)C/C(C)=C/C=C/[C@@H](OC)[C@@]3(O)C[C@H](OC(=O)N3)[C@@H](C)[C@@H]3O[C@@]23C)c(F)c1)C(C)C. The molecule has 0 saturated carbocycles. The number of likely N-dealkylation sites (N-methyl/N-ethyl adjacent to an activating group) is 1. The van der Waals surface area contributed by atoms with Gasteiger partial charge in [0, 0.05) is 58.2 Å². The van der Waals surface area contributed by atoms with Gasteiger partial charge in [-0.25, -0.2) is 18.8 Å². The lowest BCUT2D eigenvalue weighted by Crippen LogP contribution is -2.63. The first-order valence-electron chi connectivity index (χ1n) is 30.9. The predicted octanol–water partition coefficient (Wildman–Crippen LogP) is 7.49. The standard InChI is InChI=1S/C64H95ClFN9O14/c1-13-15-23-42(21-14-2)68-29-18-16-17-26-52(76)72-55(37(3)4)58(79)71-46(24-20-30-69-61(67)82)57(78)70-43-27-28-44(45(66)34-43)59(80)74(9)40(7)60(81)88-51-35-53(77)75(10)47-32-41(33-48(85-11)54(47)65)31-38(5)22-19-25-50(86-12)64(84)36-49(87-62(83)73-64)39(6)56-63(51,8)89-56/h19,22,25,27-28,32-34,37,39-40,42,46,49-51,55-56,68,84H,13-18,20-21,23-24,26,29-31,35-36H2,1-12H3,(H,70,78)(H,71,79)(H,72,76)(H,73,83)(H3,67,69,82)/b25-19+,38-22+/t39-,40+,42?,46+,49+,50-,51+,55+,56+,63+,64+/m1/s1.